The maximum Gasteiger partial charge on any atom is 0.133 e. The van der Waals surface area contributed by atoms with Gasteiger partial charge >= 0.3 is 0 Å². The highest BCUT2D eigenvalue weighted by atomic mass is 16.5. The van der Waals surface area contributed by atoms with Crippen LogP contribution in [0.15, 0.2) is 48.5 Å². The minimum atomic E-state index is 0.190. The van der Waals surface area contributed by atoms with Crippen LogP contribution in [-0.4, -0.2) is 5.78 Å². The standard InChI is InChI=1S/C23H28O2/c1-5-20-10-8-19(15-17(20)3)16-25-23-13-11-22(12-14-23)21(6-2)9-7-18(4)24/h8-15H,5-7,16H2,1-4H3/b21-9+. The van der Waals surface area contributed by atoms with E-state index in [-0.39, 0.29) is 5.78 Å². The molecular weight excluding hydrogens is 308 g/mol. The monoisotopic (exact) mass is 336 g/mol. The molecule has 2 aromatic rings. The van der Waals surface area contributed by atoms with Crippen LogP contribution in [0.4, 0.5) is 0 Å². The molecule has 0 bridgehead atoms. The summed E-state index contributed by atoms with van der Waals surface area (Å²) >= 11 is 0. The lowest BCUT2D eigenvalue weighted by Crippen LogP contribution is -1.97. The van der Waals surface area contributed by atoms with Crippen molar-refractivity contribution in [2.24, 2.45) is 0 Å². The van der Waals surface area contributed by atoms with Gasteiger partial charge in [0.25, 0.3) is 0 Å². The minimum absolute atomic E-state index is 0.190. The summed E-state index contributed by atoms with van der Waals surface area (Å²) in [7, 11) is 0. The fourth-order valence-electron chi connectivity index (χ4n) is 2.91. The first-order chi connectivity index (χ1) is 12.0. The number of hydrogen-bond donors (Lipinski definition) is 0. The van der Waals surface area contributed by atoms with Crippen LogP contribution in [0.25, 0.3) is 5.57 Å². The molecule has 0 aliphatic rings. The molecule has 0 saturated carbocycles. The van der Waals surface area contributed by atoms with Crippen molar-refractivity contribution >= 4 is 11.4 Å². The second-order valence-corrected chi connectivity index (χ2v) is 6.42. The summed E-state index contributed by atoms with van der Waals surface area (Å²) in [5.41, 5.74) is 6.25. The third-order valence-corrected chi connectivity index (χ3v) is 4.44. The Labute approximate surface area is 151 Å². The predicted octanol–water partition coefficient (Wildman–Crippen LogP) is 5.91. The highest BCUT2D eigenvalue weighted by Gasteiger charge is 2.03. The van der Waals surface area contributed by atoms with Crippen molar-refractivity contribution in [2.75, 3.05) is 0 Å². The van der Waals surface area contributed by atoms with E-state index in [2.05, 4.69) is 51.1 Å². The van der Waals surface area contributed by atoms with E-state index in [0.29, 0.717) is 13.0 Å². The van der Waals surface area contributed by atoms with Gasteiger partial charge in [-0.1, -0.05) is 50.3 Å². The Morgan fingerprint density at radius 2 is 1.80 bits per heavy atom. The Morgan fingerprint density at radius 3 is 2.36 bits per heavy atom. The summed E-state index contributed by atoms with van der Waals surface area (Å²) < 4.78 is 5.91. The van der Waals surface area contributed by atoms with Gasteiger partial charge in [-0.2, -0.15) is 0 Å². The number of hydrogen-bond acceptors (Lipinski definition) is 2. The van der Waals surface area contributed by atoms with Gasteiger partial charge in [0.05, 0.1) is 0 Å². The van der Waals surface area contributed by atoms with E-state index < -0.39 is 0 Å². The quantitative estimate of drug-likeness (QED) is 0.599. The van der Waals surface area contributed by atoms with Gasteiger partial charge in [-0.05, 0) is 66.6 Å². The molecule has 0 amide bonds. The van der Waals surface area contributed by atoms with Crippen molar-refractivity contribution in [3.8, 4) is 5.75 Å². The Kier molecular flexibility index (Phi) is 7.00. The van der Waals surface area contributed by atoms with E-state index in [4.69, 9.17) is 4.74 Å². The number of aryl methyl sites for hydroxylation is 2. The highest BCUT2D eigenvalue weighted by Crippen LogP contribution is 2.23. The first kappa shape index (κ1) is 19.0. The molecule has 0 atom stereocenters. The third-order valence-electron chi connectivity index (χ3n) is 4.44. The van der Waals surface area contributed by atoms with Gasteiger partial charge in [0, 0.05) is 6.42 Å². The maximum absolute atomic E-state index is 11.2. The predicted molar refractivity (Wildman–Crippen MR) is 105 cm³/mol. The van der Waals surface area contributed by atoms with Crippen LogP contribution >= 0.6 is 0 Å². The van der Waals surface area contributed by atoms with Crippen molar-refractivity contribution in [1.29, 1.82) is 0 Å². The summed E-state index contributed by atoms with van der Waals surface area (Å²) in [5.74, 6) is 1.05. The zero-order valence-electron chi connectivity index (χ0n) is 15.8. The average Bonchev–Trinajstić information content (AvgIpc) is 2.61. The summed E-state index contributed by atoms with van der Waals surface area (Å²) in [6.45, 7) is 8.63. The lowest BCUT2D eigenvalue weighted by molar-refractivity contribution is -0.116. The molecule has 0 N–H and O–H groups in total. The van der Waals surface area contributed by atoms with Crippen LogP contribution in [0.5, 0.6) is 5.75 Å². The smallest absolute Gasteiger partial charge is 0.133 e. The van der Waals surface area contributed by atoms with Gasteiger partial charge in [0.15, 0.2) is 0 Å². The molecule has 132 valence electrons. The zero-order chi connectivity index (χ0) is 18.2. The molecule has 2 rings (SSSR count). The third kappa shape index (κ3) is 5.60. The largest absolute Gasteiger partial charge is 0.489 e. The Morgan fingerprint density at radius 1 is 1.08 bits per heavy atom. The zero-order valence-corrected chi connectivity index (χ0v) is 15.8. The van der Waals surface area contributed by atoms with E-state index >= 15 is 0 Å². The van der Waals surface area contributed by atoms with Crippen LogP contribution in [0.1, 0.15) is 55.9 Å². The lowest BCUT2D eigenvalue weighted by atomic mass is 10.0. The number of carbonyl (C=O) groups excluding carboxylic acids is 1. The van der Waals surface area contributed by atoms with Crippen molar-refractivity contribution < 1.29 is 9.53 Å². The summed E-state index contributed by atoms with van der Waals surface area (Å²) in [4.78, 5) is 11.2. The molecule has 2 nitrogen and oxygen atoms in total. The maximum atomic E-state index is 11.2. The molecule has 0 aromatic heterocycles. The Hall–Kier alpha value is -2.35. The molecule has 0 radical (unpaired) electrons. The first-order valence-electron chi connectivity index (χ1n) is 9.03. The number of Topliss-reactive ketones (excluding diaryl/α,β-unsaturated/α-hetero) is 1. The summed E-state index contributed by atoms with van der Waals surface area (Å²) in [5, 5.41) is 0. The first-order valence-corrected chi connectivity index (χ1v) is 9.03. The molecule has 0 saturated heterocycles. The molecular formula is C23H28O2. The molecule has 0 spiro atoms. The average molecular weight is 336 g/mol. The topological polar surface area (TPSA) is 26.3 Å². The second kappa shape index (κ2) is 9.22. The molecule has 0 unspecified atom stereocenters. The normalized spacial score (nSPS) is 11.4. The molecule has 2 aromatic carbocycles. The van der Waals surface area contributed by atoms with Gasteiger partial charge in [-0.15, -0.1) is 0 Å². The van der Waals surface area contributed by atoms with Gasteiger partial charge < -0.3 is 4.74 Å². The Balaban J connectivity index is 2.01. The van der Waals surface area contributed by atoms with Crippen LogP contribution in [0.3, 0.4) is 0 Å². The fourth-order valence-corrected chi connectivity index (χ4v) is 2.91. The van der Waals surface area contributed by atoms with Crippen LogP contribution in [-0.2, 0) is 17.8 Å². The summed E-state index contributed by atoms with van der Waals surface area (Å²) in [6.07, 6.45) is 4.49. The molecule has 0 heterocycles. The van der Waals surface area contributed by atoms with Gasteiger partial charge in [0.1, 0.15) is 18.1 Å². The Bertz CT molecular complexity index is 739. The molecule has 25 heavy (non-hydrogen) atoms. The van der Waals surface area contributed by atoms with Crippen LogP contribution in [0.2, 0.25) is 0 Å². The highest BCUT2D eigenvalue weighted by molar-refractivity contribution is 5.79. The number of ketones is 1. The van der Waals surface area contributed by atoms with E-state index in [9.17, 15) is 4.79 Å². The van der Waals surface area contributed by atoms with Gasteiger partial charge in [-0.3, -0.25) is 4.79 Å². The fraction of sp³-hybridized carbons (Fsp3) is 0.348. The molecule has 2 heteroatoms. The molecule has 0 aliphatic heterocycles. The number of carbonyl (C=O) groups is 1. The van der Waals surface area contributed by atoms with Crippen molar-refractivity contribution in [2.45, 2.75) is 53.6 Å². The molecule has 0 fully saturated rings. The SMILES string of the molecule is CC/C(=C\CC(C)=O)c1ccc(OCc2ccc(CC)c(C)c2)cc1. The van der Waals surface area contributed by atoms with Crippen molar-refractivity contribution in [1.82, 2.24) is 0 Å². The molecule has 0 aliphatic carbocycles. The van der Waals surface area contributed by atoms with Gasteiger partial charge in [0.2, 0.25) is 0 Å². The van der Waals surface area contributed by atoms with E-state index in [1.165, 1.54) is 22.3 Å². The number of rotatable bonds is 8. The van der Waals surface area contributed by atoms with E-state index in [1.807, 2.05) is 18.2 Å². The number of ether oxygens (including phenoxy) is 1. The second-order valence-electron chi connectivity index (χ2n) is 6.42. The minimum Gasteiger partial charge on any atom is -0.489 e. The van der Waals surface area contributed by atoms with Crippen molar-refractivity contribution in [3.05, 3.63) is 70.8 Å². The van der Waals surface area contributed by atoms with E-state index in [1.54, 1.807) is 6.92 Å². The van der Waals surface area contributed by atoms with E-state index in [0.717, 1.165) is 24.2 Å². The van der Waals surface area contributed by atoms with Crippen LogP contribution in [0, 0.1) is 6.92 Å². The van der Waals surface area contributed by atoms with Crippen LogP contribution < -0.4 is 4.74 Å². The number of benzene rings is 2. The van der Waals surface area contributed by atoms with Gasteiger partial charge in [-0.25, -0.2) is 0 Å². The summed E-state index contributed by atoms with van der Waals surface area (Å²) in [6, 6.07) is 14.7. The lowest BCUT2D eigenvalue weighted by Gasteiger charge is -2.10. The van der Waals surface area contributed by atoms with Crippen molar-refractivity contribution in [3.63, 3.8) is 0 Å². The number of allylic oxidation sites excluding steroid dienone is 2.